The molecule has 0 saturated heterocycles. The molecule has 0 aliphatic heterocycles. The van der Waals surface area contributed by atoms with Crippen molar-refractivity contribution in [2.24, 2.45) is 0 Å². The minimum absolute atomic E-state index is 0.790. The Morgan fingerprint density at radius 2 is 0.783 bits per heavy atom. The van der Waals surface area contributed by atoms with Crippen molar-refractivity contribution in [3.63, 3.8) is 0 Å². The minimum Gasteiger partial charge on any atom is -0.452 e. The summed E-state index contributed by atoms with van der Waals surface area (Å²) in [5.41, 5.74) is 10.5. The van der Waals surface area contributed by atoms with E-state index in [0.717, 1.165) is 55.0 Å². The Bertz CT molecular complexity index is 2740. The molecule has 8 aromatic carbocycles. The first-order valence-electron chi connectivity index (χ1n) is 15.7. The molecule has 214 valence electrons. The number of benzene rings is 8. The minimum atomic E-state index is 0.790. The van der Waals surface area contributed by atoms with Gasteiger partial charge in [-0.05, 0) is 79.2 Å². The predicted molar refractivity (Wildman–Crippen MR) is 192 cm³/mol. The van der Waals surface area contributed by atoms with E-state index in [2.05, 4.69) is 133 Å². The zero-order chi connectivity index (χ0) is 30.2. The van der Waals surface area contributed by atoms with Gasteiger partial charge in [-0.2, -0.15) is 0 Å². The van der Waals surface area contributed by atoms with Gasteiger partial charge in [0.2, 0.25) is 0 Å². The Morgan fingerprint density at radius 3 is 1.46 bits per heavy atom. The first-order valence-corrected chi connectivity index (χ1v) is 15.7. The van der Waals surface area contributed by atoms with E-state index >= 15 is 0 Å². The van der Waals surface area contributed by atoms with E-state index in [4.69, 9.17) is 8.83 Å². The molecule has 0 N–H and O–H groups in total. The van der Waals surface area contributed by atoms with Crippen LogP contribution in [0.2, 0.25) is 0 Å². The van der Waals surface area contributed by atoms with E-state index in [1.165, 1.54) is 43.8 Å². The number of fused-ring (bicyclic) bond motifs is 9. The molecule has 46 heavy (non-hydrogen) atoms. The second kappa shape index (κ2) is 9.69. The van der Waals surface area contributed by atoms with E-state index in [9.17, 15) is 0 Å². The van der Waals surface area contributed by atoms with Crippen LogP contribution in [0, 0.1) is 0 Å². The lowest BCUT2D eigenvalue weighted by Crippen LogP contribution is -1.91. The van der Waals surface area contributed by atoms with Crippen molar-refractivity contribution in [2.45, 2.75) is 0 Å². The van der Waals surface area contributed by atoms with Gasteiger partial charge in [0.25, 0.3) is 0 Å². The van der Waals surface area contributed by atoms with Gasteiger partial charge in [-0.1, -0.05) is 133 Å². The normalized spacial score (nSPS) is 11.9. The molecule has 0 atom stereocenters. The van der Waals surface area contributed by atoms with Crippen LogP contribution < -0.4 is 0 Å². The largest absolute Gasteiger partial charge is 0.452 e. The van der Waals surface area contributed by atoms with Crippen LogP contribution >= 0.6 is 0 Å². The molecule has 0 saturated carbocycles. The number of para-hydroxylation sites is 2. The SMILES string of the molecule is c1ccc(-c2c3ccccc3c(-c3cccc(-c4cc5c6ccccc6oc5c5oc6ccccc6c45)c3)c3ccccc23)cc1. The highest BCUT2D eigenvalue weighted by Crippen LogP contribution is 2.47. The molecule has 2 heterocycles. The van der Waals surface area contributed by atoms with E-state index in [0.29, 0.717) is 0 Å². The summed E-state index contributed by atoms with van der Waals surface area (Å²) in [4.78, 5) is 0. The van der Waals surface area contributed by atoms with Crippen molar-refractivity contribution in [2.75, 3.05) is 0 Å². The summed E-state index contributed by atoms with van der Waals surface area (Å²) in [6.07, 6.45) is 0. The Morgan fingerprint density at radius 1 is 0.304 bits per heavy atom. The van der Waals surface area contributed by atoms with Gasteiger partial charge in [-0.15, -0.1) is 0 Å². The molecule has 10 rings (SSSR count). The third kappa shape index (κ3) is 3.59. The summed E-state index contributed by atoms with van der Waals surface area (Å²) < 4.78 is 13.0. The molecule has 0 radical (unpaired) electrons. The molecule has 0 aliphatic rings. The van der Waals surface area contributed by atoms with Crippen LogP contribution in [-0.2, 0) is 0 Å². The Labute approximate surface area is 264 Å². The quantitative estimate of drug-likeness (QED) is 0.193. The van der Waals surface area contributed by atoms with Crippen molar-refractivity contribution < 1.29 is 8.83 Å². The number of hydrogen-bond donors (Lipinski definition) is 0. The van der Waals surface area contributed by atoms with Gasteiger partial charge in [0.15, 0.2) is 11.2 Å². The van der Waals surface area contributed by atoms with Crippen LogP contribution in [0.3, 0.4) is 0 Å². The maximum absolute atomic E-state index is 6.55. The zero-order valence-electron chi connectivity index (χ0n) is 24.8. The summed E-state index contributed by atoms with van der Waals surface area (Å²) in [5.74, 6) is 0. The zero-order valence-corrected chi connectivity index (χ0v) is 24.8. The Kier molecular flexibility index (Phi) is 5.31. The predicted octanol–water partition coefficient (Wildman–Crippen LogP) is 12.8. The fourth-order valence-electron chi connectivity index (χ4n) is 7.49. The van der Waals surface area contributed by atoms with Crippen LogP contribution in [0.4, 0.5) is 0 Å². The van der Waals surface area contributed by atoms with Gasteiger partial charge in [0.1, 0.15) is 11.2 Å². The molecular formula is C44H26O2. The average Bonchev–Trinajstić information content (AvgIpc) is 3.70. The number of furan rings is 2. The van der Waals surface area contributed by atoms with Gasteiger partial charge in [0.05, 0.1) is 0 Å². The highest BCUT2D eigenvalue weighted by Gasteiger charge is 2.22. The second-order valence-corrected chi connectivity index (χ2v) is 12.0. The lowest BCUT2D eigenvalue weighted by Gasteiger charge is -2.18. The van der Waals surface area contributed by atoms with Crippen molar-refractivity contribution in [3.05, 3.63) is 158 Å². The molecule has 0 unspecified atom stereocenters. The van der Waals surface area contributed by atoms with Gasteiger partial charge in [-0.25, -0.2) is 0 Å². The summed E-state index contributed by atoms with van der Waals surface area (Å²) in [6.45, 7) is 0. The van der Waals surface area contributed by atoms with Gasteiger partial charge in [-0.3, -0.25) is 0 Å². The summed E-state index contributed by atoms with van der Waals surface area (Å²) in [7, 11) is 0. The van der Waals surface area contributed by atoms with Crippen molar-refractivity contribution in [3.8, 4) is 33.4 Å². The number of hydrogen-bond acceptors (Lipinski definition) is 2. The van der Waals surface area contributed by atoms with E-state index in [-0.39, 0.29) is 0 Å². The van der Waals surface area contributed by atoms with E-state index in [1.54, 1.807) is 0 Å². The molecular weight excluding hydrogens is 560 g/mol. The molecule has 0 amide bonds. The standard InChI is InChI=1S/C44H26O2/c1-2-13-27(14-3-1)40-31-18-4-6-20-33(31)41(34-21-7-5-19-32(34)40)29-16-12-15-28(25-29)36-26-37-30-17-8-10-23-38(30)45-43(37)44-42(36)35-22-9-11-24-39(35)46-44/h1-26H. The van der Waals surface area contributed by atoms with Crippen molar-refractivity contribution in [1.82, 2.24) is 0 Å². The molecule has 0 spiro atoms. The van der Waals surface area contributed by atoms with Crippen LogP contribution in [0.25, 0.3) is 98.8 Å². The highest BCUT2D eigenvalue weighted by molar-refractivity contribution is 6.25. The maximum Gasteiger partial charge on any atom is 0.179 e. The second-order valence-electron chi connectivity index (χ2n) is 12.0. The third-order valence-corrected chi connectivity index (χ3v) is 9.45. The molecule has 2 aromatic heterocycles. The topological polar surface area (TPSA) is 26.3 Å². The third-order valence-electron chi connectivity index (χ3n) is 9.45. The first-order chi connectivity index (χ1) is 22.8. The van der Waals surface area contributed by atoms with Crippen LogP contribution in [-0.4, -0.2) is 0 Å². The molecule has 0 fully saturated rings. The van der Waals surface area contributed by atoms with Gasteiger partial charge in [0, 0.05) is 21.5 Å². The Hall–Kier alpha value is -6.12. The lowest BCUT2D eigenvalue weighted by atomic mass is 9.85. The Balaban J connectivity index is 1.30. The van der Waals surface area contributed by atoms with E-state index < -0.39 is 0 Å². The fraction of sp³-hybridized carbons (Fsp3) is 0. The first kappa shape index (κ1) is 25.2. The fourth-order valence-corrected chi connectivity index (χ4v) is 7.49. The molecule has 2 nitrogen and oxygen atoms in total. The smallest absolute Gasteiger partial charge is 0.179 e. The average molecular weight is 587 g/mol. The van der Waals surface area contributed by atoms with Crippen LogP contribution in [0.1, 0.15) is 0 Å². The summed E-state index contributed by atoms with van der Waals surface area (Å²) in [5, 5.41) is 9.30. The molecule has 10 aromatic rings. The van der Waals surface area contributed by atoms with E-state index in [1.807, 2.05) is 24.3 Å². The van der Waals surface area contributed by atoms with Crippen molar-refractivity contribution in [1.29, 1.82) is 0 Å². The molecule has 0 aliphatic carbocycles. The van der Waals surface area contributed by atoms with Gasteiger partial charge >= 0.3 is 0 Å². The summed E-state index contributed by atoms with van der Waals surface area (Å²) in [6, 6.07) is 56.2. The van der Waals surface area contributed by atoms with Crippen LogP contribution in [0.5, 0.6) is 0 Å². The summed E-state index contributed by atoms with van der Waals surface area (Å²) >= 11 is 0. The van der Waals surface area contributed by atoms with Crippen LogP contribution in [0.15, 0.2) is 167 Å². The monoisotopic (exact) mass is 586 g/mol. The molecule has 2 heteroatoms. The van der Waals surface area contributed by atoms with Crippen molar-refractivity contribution >= 4 is 65.4 Å². The number of rotatable bonds is 3. The highest BCUT2D eigenvalue weighted by atomic mass is 16.4. The lowest BCUT2D eigenvalue weighted by molar-refractivity contribution is 0.633. The van der Waals surface area contributed by atoms with Gasteiger partial charge < -0.3 is 8.83 Å². The molecule has 0 bridgehead atoms. The maximum atomic E-state index is 6.55.